The molecule has 0 spiro atoms. The molecule has 2 heterocycles. The molecule has 1 aliphatic rings. The van der Waals surface area contributed by atoms with E-state index in [1.807, 2.05) is 5.48 Å². The van der Waals surface area contributed by atoms with Crippen LogP contribution in [0.15, 0.2) is 27.8 Å². The molecule has 1 aliphatic heterocycles. The number of hydroxylamine groups is 1. The van der Waals surface area contributed by atoms with Crippen LogP contribution in [0.5, 0.6) is 0 Å². The molecule has 1 saturated heterocycles. The largest absolute Gasteiger partial charge is 0.310 e. The van der Waals surface area contributed by atoms with E-state index >= 15 is 0 Å². The molecule has 3 rings (SSSR count). The first-order chi connectivity index (χ1) is 13.6. The first-order valence-electron chi connectivity index (χ1n) is 9.29. The third-order valence-electron chi connectivity index (χ3n) is 4.84. The van der Waals surface area contributed by atoms with Crippen LogP contribution in [0.1, 0.15) is 37.6 Å². The van der Waals surface area contributed by atoms with Gasteiger partial charge >= 0.3 is 0 Å². The van der Waals surface area contributed by atoms with Crippen LogP contribution in [-0.2, 0) is 6.54 Å². The Kier molecular flexibility index (Phi) is 7.32. The maximum Gasteiger partial charge on any atom is 0.182 e. The Morgan fingerprint density at radius 1 is 1.43 bits per heavy atom. The van der Waals surface area contributed by atoms with Crippen molar-refractivity contribution in [2.24, 2.45) is 4.99 Å². The SMILES string of the molecule is CC1CCCCN1CCNCc1nonc1C(=Nc1ccc(F)c(Cl)c1)NO. The van der Waals surface area contributed by atoms with Crippen molar-refractivity contribution >= 4 is 23.1 Å². The second-order valence-electron chi connectivity index (χ2n) is 6.79. The molecule has 1 fully saturated rings. The minimum Gasteiger partial charge on any atom is -0.310 e. The average Bonchev–Trinajstić information content (AvgIpc) is 3.15. The number of halogens is 2. The number of piperidine rings is 1. The van der Waals surface area contributed by atoms with Gasteiger partial charge in [-0.05, 0) is 49.7 Å². The predicted molar refractivity (Wildman–Crippen MR) is 103 cm³/mol. The van der Waals surface area contributed by atoms with Gasteiger partial charge in [0.25, 0.3) is 0 Å². The Balaban J connectivity index is 1.61. The molecule has 1 aromatic heterocycles. The lowest BCUT2D eigenvalue weighted by Gasteiger charge is -2.33. The van der Waals surface area contributed by atoms with Crippen molar-refractivity contribution in [1.29, 1.82) is 0 Å². The van der Waals surface area contributed by atoms with Gasteiger partial charge in [-0.3, -0.25) is 15.6 Å². The molecule has 1 unspecified atom stereocenters. The molecule has 0 radical (unpaired) electrons. The van der Waals surface area contributed by atoms with Gasteiger partial charge < -0.3 is 5.32 Å². The number of rotatable bonds is 7. The van der Waals surface area contributed by atoms with Crippen LogP contribution in [0.4, 0.5) is 10.1 Å². The average molecular weight is 411 g/mol. The number of aromatic nitrogens is 2. The van der Waals surface area contributed by atoms with Gasteiger partial charge in [-0.15, -0.1) is 0 Å². The second kappa shape index (κ2) is 9.92. The first kappa shape index (κ1) is 20.7. The maximum absolute atomic E-state index is 13.3. The summed E-state index contributed by atoms with van der Waals surface area (Å²) in [4.78, 5) is 6.67. The van der Waals surface area contributed by atoms with Crippen LogP contribution in [0, 0.1) is 5.82 Å². The lowest BCUT2D eigenvalue weighted by molar-refractivity contribution is 0.161. The summed E-state index contributed by atoms with van der Waals surface area (Å²) >= 11 is 5.77. The van der Waals surface area contributed by atoms with E-state index in [1.54, 1.807) is 0 Å². The standard InChI is InChI=1S/C18H24ClFN6O2/c1-12-4-2-3-8-26(12)9-7-21-11-16-17(25-28-24-16)18(23-27)22-13-5-6-15(20)14(19)10-13/h5-6,10,12,21,27H,2-4,7-9,11H2,1H3,(H,22,23). The van der Waals surface area contributed by atoms with Gasteiger partial charge in [0, 0.05) is 25.7 Å². The van der Waals surface area contributed by atoms with E-state index in [0.717, 1.165) is 19.6 Å². The van der Waals surface area contributed by atoms with E-state index < -0.39 is 5.82 Å². The van der Waals surface area contributed by atoms with E-state index in [2.05, 4.69) is 32.4 Å². The summed E-state index contributed by atoms with van der Waals surface area (Å²) in [6.45, 7) is 5.55. The molecule has 0 amide bonds. The van der Waals surface area contributed by atoms with Gasteiger partial charge in [0.15, 0.2) is 11.5 Å². The number of benzene rings is 1. The quantitative estimate of drug-likeness (QED) is 0.279. The number of amidine groups is 1. The highest BCUT2D eigenvalue weighted by Gasteiger charge is 2.19. The Morgan fingerprint density at radius 3 is 3.04 bits per heavy atom. The predicted octanol–water partition coefficient (Wildman–Crippen LogP) is 2.88. The number of hydrogen-bond donors (Lipinski definition) is 3. The highest BCUT2D eigenvalue weighted by molar-refractivity contribution is 6.31. The van der Waals surface area contributed by atoms with E-state index in [-0.39, 0.29) is 16.6 Å². The maximum atomic E-state index is 13.3. The van der Waals surface area contributed by atoms with Gasteiger partial charge in [0.2, 0.25) is 0 Å². The number of nitrogens with zero attached hydrogens (tertiary/aromatic N) is 4. The Labute approximate surface area is 167 Å². The van der Waals surface area contributed by atoms with Gasteiger partial charge in [-0.2, -0.15) is 0 Å². The van der Waals surface area contributed by atoms with Crippen LogP contribution in [0.2, 0.25) is 5.02 Å². The minimum atomic E-state index is -0.546. The summed E-state index contributed by atoms with van der Waals surface area (Å²) in [5.74, 6) is -0.513. The van der Waals surface area contributed by atoms with Crippen LogP contribution < -0.4 is 10.8 Å². The number of nitrogens with one attached hydrogen (secondary N) is 2. The summed E-state index contributed by atoms with van der Waals surface area (Å²) in [7, 11) is 0. The van der Waals surface area contributed by atoms with E-state index in [4.69, 9.17) is 16.2 Å². The van der Waals surface area contributed by atoms with Crippen molar-refractivity contribution in [3.8, 4) is 0 Å². The molecular weight excluding hydrogens is 387 g/mol. The molecule has 10 heteroatoms. The molecule has 0 aliphatic carbocycles. The summed E-state index contributed by atoms with van der Waals surface area (Å²) in [6, 6.07) is 4.59. The molecule has 2 aromatic rings. The van der Waals surface area contributed by atoms with E-state index in [1.165, 1.54) is 37.5 Å². The Bertz CT molecular complexity index is 815. The molecule has 8 nitrogen and oxygen atoms in total. The second-order valence-corrected chi connectivity index (χ2v) is 7.19. The summed E-state index contributed by atoms with van der Waals surface area (Å²) < 4.78 is 18.1. The fraction of sp³-hybridized carbons (Fsp3) is 0.500. The van der Waals surface area contributed by atoms with Crippen LogP contribution in [0.25, 0.3) is 0 Å². The fourth-order valence-corrected chi connectivity index (χ4v) is 3.41. The van der Waals surface area contributed by atoms with Gasteiger partial charge in [0.05, 0.1) is 10.7 Å². The van der Waals surface area contributed by atoms with Crippen molar-refractivity contribution in [2.75, 3.05) is 19.6 Å². The monoisotopic (exact) mass is 410 g/mol. The zero-order valence-corrected chi connectivity index (χ0v) is 16.4. The smallest absolute Gasteiger partial charge is 0.182 e. The summed E-state index contributed by atoms with van der Waals surface area (Å²) in [6.07, 6.45) is 3.79. The molecule has 0 bridgehead atoms. The third kappa shape index (κ3) is 5.26. The van der Waals surface area contributed by atoms with Gasteiger partial charge in [0.1, 0.15) is 11.5 Å². The van der Waals surface area contributed by atoms with Crippen LogP contribution in [0.3, 0.4) is 0 Å². The third-order valence-corrected chi connectivity index (χ3v) is 5.13. The minimum absolute atomic E-state index is 0.0328. The van der Waals surface area contributed by atoms with Crippen molar-refractivity contribution in [2.45, 2.75) is 38.8 Å². The first-order valence-corrected chi connectivity index (χ1v) is 9.66. The molecule has 3 N–H and O–H groups in total. The van der Waals surface area contributed by atoms with E-state index in [9.17, 15) is 9.60 Å². The topological polar surface area (TPSA) is 98.8 Å². The number of hydrogen-bond acceptors (Lipinski definition) is 7. The lowest BCUT2D eigenvalue weighted by atomic mass is 10.0. The molecule has 28 heavy (non-hydrogen) atoms. The molecule has 0 saturated carbocycles. The van der Waals surface area contributed by atoms with Gasteiger partial charge in [-0.1, -0.05) is 23.2 Å². The highest BCUT2D eigenvalue weighted by atomic mass is 35.5. The highest BCUT2D eigenvalue weighted by Crippen LogP contribution is 2.22. The molecule has 1 atom stereocenters. The number of aliphatic imine (C=N–C) groups is 1. The number of likely N-dealkylation sites (tertiary alicyclic amines) is 1. The molecular formula is C18H24ClFN6O2. The van der Waals surface area contributed by atoms with Crippen molar-refractivity contribution in [3.05, 3.63) is 40.4 Å². The lowest BCUT2D eigenvalue weighted by Crippen LogP contribution is -2.41. The molecule has 152 valence electrons. The summed E-state index contributed by atoms with van der Waals surface area (Å²) in [5.41, 5.74) is 3.11. The Hall–Kier alpha value is -2.07. The van der Waals surface area contributed by atoms with Crippen LogP contribution in [-0.4, -0.2) is 51.9 Å². The summed E-state index contributed by atoms with van der Waals surface area (Å²) in [5, 5.41) is 20.4. The van der Waals surface area contributed by atoms with Crippen molar-refractivity contribution in [1.82, 2.24) is 26.0 Å². The van der Waals surface area contributed by atoms with Gasteiger partial charge in [-0.25, -0.2) is 14.0 Å². The van der Waals surface area contributed by atoms with Crippen LogP contribution >= 0.6 is 11.6 Å². The molecule has 1 aromatic carbocycles. The zero-order chi connectivity index (χ0) is 19.9. The van der Waals surface area contributed by atoms with E-state index in [0.29, 0.717) is 24.0 Å². The normalized spacial score (nSPS) is 18.4. The van der Waals surface area contributed by atoms with Crippen molar-refractivity contribution < 1.29 is 14.2 Å². The van der Waals surface area contributed by atoms with Crippen molar-refractivity contribution in [3.63, 3.8) is 0 Å². The zero-order valence-electron chi connectivity index (χ0n) is 15.7. The Morgan fingerprint density at radius 2 is 2.29 bits per heavy atom. The fourth-order valence-electron chi connectivity index (χ4n) is 3.24.